The number of Topliss-reactive ketones (excluding diaryl/α,β-unsaturated/α-hetero) is 3. The van der Waals surface area contributed by atoms with Crippen molar-refractivity contribution < 1.29 is 43.9 Å². The van der Waals surface area contributed by atoms with Crippen molar-refractivity contribution >= 4 is 86.3 Å². The highest BCUT2D eigenvalue weighted by atomic mass is 16.5. The van der Waals surface area contributed by atoms with E-state index in [-0.39, 0.29) is 71.0 Å². The predicted molar refractivity (Wildman–Crippen MR) is 370 cm³/mol. The van der Waals surface area contributed by atoms with Crippen molar-refractivity contribution in [2.45, 2.75) is 153 Å². The van der Waals surface area contributed by atoms with Crippen LogP contribution in [0.1, 0.15) is 127 Å². The van der Waals surface area contributed by atoms with Crippen LogP contribution in [0.15, 0.2) is 106 Å². The zero-order chi connectivity index (χ0) is 68.8. The van der Waals surface area contributed by atoms with E-state index < -0.39 is 18.3 Å². The van der Waals surface area contributed by atoms with Gasteiger partial charge in [-0.15, -0.1) is 0 Å². The molecule has 6 saturated carbocycles. The van der Waals surface area contributed by atoms with E-state index in [0.717, 1.165) is 77.0 Å². The van der Waals surface area contributed by atoms with Crippen molar-refractivity contribution in [1.82, 2.24) is 57.5 Å². The number of rotatable bonds is 30. The Morgan fingerprint density at radius 2 is 0.717 bits per heavy atom. The minimum atomic E-state index is -0.413. The number of nitrogens with one attached hydrogen (secondary N) is 6. The lowest BCUT2D eigenvalue weighted by Crippen LogP contribution is -2.32. The third kappa shape index (κ3) is 15.9. The fourth-order valence-electron chi connectivity index (χ4n) is 12.1. The van der Waals surface area contributed by atoms with Gasteiger partial charge in [-0.3, -0.25) is 28.8 Å². The molecule has 0 aliphatic heterocycles. The largest absolute Gasteiger partial charge is 0.393 e. The lowest BCUT2D eigenvalue weighted by molar-refractivity contribution is 0.0199. The molecule has 0 saturated heterocycles. The maximum Gasteiger partial charge on any atom is 0.274 e. The van der Waals surface area contributed by atoms with E-state index >= 15 is 0 Å². The average Bonchev–Trinajstić information content (AvgIpc) is 1.68. The van der Waals surface area contributed by atoms with Crippen LogP contribution in [0.4, 0.5) is 52.0 Å². The van der Waals surface area contributed by atoms with E-state index in [1.165, 1.54) is 18.6 Å². The molecular weight excluding hydrogens is 1270 g/mol. The molecule has 0 spiro atoms. The molecule has 30 heteroatoms. The predicted octanol–water partition coefficient (Wildman–Crippen LogP) is 6.60. The number of carbonyl (C=O) groups is 3. The van der Waals surface area contributed by atoms with Crippen molar-refractivity contribution in [3.05, 3.63) is 140 Å². The van der Waals surface area contributed by atoms with E-state index in [1.807, 2.05) is 0 Å². The van der Waals surface area contributed by atoms with Gasteiger partial charge in [-0.2, -0.15) is 28.8 Å². The number of aromatic nitrogens is 12. The molecule has 0 aromatic carbocycles. The number of aliphatic hydroxyl groups excluding tert-OH is 3. The van der Waals surface area contributed by atoms with Crippen molar-refractivity contribution in [3.63, 3.8) is 0 Å². The van der Waals surface area contributed by atoms with Crippen molar-refractivity contribution in [1.29, 1.82) is 0 Å². The fraction of sp³-hybridized carbons (Fsp3) is 0.478. The van der Waals surface area contributed by atoms with Crippen LogP contribution in [0.3, 0.4) is 0 Å². The van der Waals surface area contributed by atoms with Crippen LogP contribution in [0.2, 0.25) is 0 Å². The summed E-state index contributed by atoms with van der Waals surface area (Å²) in [5, 5.41) is 60.9. The van der Waals surface area contributed by atoms with Crippen LogP contribution >= 0.6 is 0 Å². The fourth-order valence-corrected chi connectivity index (χ4v) is 12.1. The average molecular weight is 1360 g/mol. The monoisotopic (exact) mass is 1360 g/mol. The van der Waals surface area contributed by atoms with Gasteiger partial charge in [0.15, 0.2) is 34.3 Å². The Morgan fingerprint density at radius 1 is 0.434 bits per heavy atom. The molecule has 0 radical (unpaired) electrons. The number of aliphatic hydroxyl groups is 3. The lowest BCUT2D eigenvalue weighted by atomic mass is 9.78. The van der Waals surface area contributed by atoms with Gasteiger partial charge in [0.25, 0.3) is 16.7 Å². The molecule has 6 atom stereocenters. The van der Waals surface area contributed by atoms with E-state index in [1.54, 1.807) is 122 Å². The normalized spacial score (nSPS) is 19.9. The second-order valence-corrected chi connectivity index (χ2v) is 26.2. The number of nitrogens with zero attached hydrogens (tertiary/aromatic N) is 12. The highest BCUT2D eigenvalue weighted by molar-refractivity contribution is 6.03. The molecule has 9 N–H and O–H groups in total. The van der Waals surface area contributed by atoms with Crippen molar-refractivity contribution in [2.24, 2.45) is 17.8 Å². The molecule has 1 unspecified atom stereocenters. The van der Waals surface area contributed by atoms with Crippen LogP contribution in [-0.4, -0.2) is 168 Å². The first kappa shape index (κ1) is 67.8. The molecule has 9 heterocycles. The summed E-state index contributed by atoms with van der Waals surface area (Å²) < 4.78 is 26.5. The van der Waals surface area contributed by atoms with Gasteiger partial charge in [0.1, 0.15) is 52.0 Å². The third-order valence-electron chi connectivity index (χ3n) is 19.0. The number of hydrogen-bond acceptors (Lipinski definition) is 24. The van der Waals surface area contributed by atoms with Crippen molar-refractivity contribution in [2.75, 3.05) is 72.9 Å². The molecule has 0 amide bonds. The number of fused-ring (bicyclic) bond motifs is 3. The second-order valence-electron chi connectivity index (χ2n) is 26.2. The molecule has 522 valence electrons. The van der Waals surface area contributed by atoms with Gasteiger partial charge < -0.3 is 75.1 Å². The van der Waals surface area contributed by atoms with E-state index in [2.05, 4.69) is 62.1 Å². The van der Waals surface area contributed by atoms with Crippen LogP contribution in [-0.2, 0) is 33.8 Å². The minimum Gasteiger partial charge on any atom is -0.393 e. The molecular formula is C69H84N18O12. The smallest absolute Gasteiger partial charge is 0.274 e. The van der Waals surface area contributed by atoms with Gasteiger partial charge in [0, 0.05) is 96.8 Å². The van der Waals surface area contributed by atoms with Gasteiger partial charge in [0.05, 0.1) is 91.7 Å². The summed E-state index contributed by atoms with van der Waals surface area (Å²) in [6.45, 7) is 2.94. The van der Waals surface area contributed by atoms with Gasteiger partial charge >= 0.3 is 0 Å². The molecule has 99 heavy (non-hydrogen) atoms. The Kier molecular flexibility index (Phi) is 20.7. The summed E-state index contributed by atoms with van der Waals surface area (Å²) in [7, 11) is 5.26. The standard InChI is InChI=1S/3C23H28N6O4/c3*1-24-21-12-20(26-17-3-2-8-28(23(17)32)9-10-33-15-5-6-15)27-22-16(13-25-29(21)22)19(31)11-14-4-7-18(14)30/h3*2-3,8,12-15,18,24,30H,4-7,9-11H2,1H3,(H,26,27)/t14?,18-;2*14-,18+/m110/s1. The third-order valence-corrected chi connectivity index (χ3v) is 19.0. The zero-order valence-electron chi connectivity index (χ0n) is 55.6. The molecule has 15 rings (SSSR count). The molecule has 9 aromatic rings. The Morgan fingerprint density at radius 3 is 0.949 bits per heavy atom. The van der Waals surface area contributed by atoms with Crippen LogP contribution < -0.4 is 48.6 Å². The maximum atomic E-state index is 12.9. The number of ketones is 3. The Balaban J connectivity index is 0.000000133. The van der Waals surface area contributed by atoms with Gasteiger partial charge in [0.2, 0.25) is 0 Å². The summed E-state index contributed by atoms with van der Waals surface area (Å²) in [6, 6.07) is 15.7. The highest BCUT2D eigenvalue weighted by Gasteiger charge is 2.35. The molecule has 6 aliphatic carbocycles. The number of ether oxygens (including phenoxy) is 3. The number of carbonyl (C=O) groups excluding carboxylic acids is 3. The zero-order valence-corrected chi connectivity index (χ0v) is 55.6. The van der Waals surface area contributed by atoms with Crippen LogP contribution in [0.5, 0.6) is 0 Å². The second kappa shape index (κ2) is 30.2. The van der Waals surface area contributed by atoms with Crippen LogP contribution in [0.25, 0.3) is 16.9 Å². The minimum absolute atomic E-state index is 0.00999. The van der Waals surface area contributed by atoms with E-state index in [4.69, 9.17) is 14.2 Å². The molecule has 0 bridgehead atoms. The molecule has 6 fully saturated rings. The number of anilines is 9. The summed E-state index contributed by atoms with van der Waals surface area (Å²) in [4.78, 5) is 91.1. The Bertz CT molecular complexity index is 4150. The summed E-state index contributed by atoms with van der Waals surface area (Å²) >= 11 is 0. The number of pyridine rings is 3. The first-order valence-electron chi connectivity index (χ1n) is 34.2. The van der Waals surface area contributed by atoms with E-state index in [0.29, 0.717) is 143 Å². The topological polar surface area (TPSA) is 368 Å². The van der Waals surface area contributed by atoms with Crippen molar-refractivity contribution in [3.8, 4) is 0 Å². The Hall–Kier alpha value is -9.72. The molecule has 9 aromatic heterocycles. The Labute approximate surface area is 568 Å². The summed E-state index contributed by atoms with van der Waals surface area (Å²) in [6.07, 6.45) is 21.7. The van der Waals surface area contributed by atoms with Crippen LogP contribution in [0, 0.1) is 17.8 Å². The molecule has 6 aliphatic rings. The highest BCUT2D eigenvalue weighted by Crippen LogP contribution is 2.36. The van der Waals surface area contributed by atoms with Gasteiger partial charge in [-0.1, -0.05) is 0 Å². The van der Waals surface area contributed by atoms with Gasteiger partial charge in [-0.25, -0.2) is 15.0 Å². The first-order valence-corrected chi connectivity index (χ1v) is 34.2. The van der Waals surface area contributed by atoms with E-state index in [9.17, 15) is 44.1 Å². The summed E-state index contributed by atoms with van der Waals surface area (Å²) in [5.74, 6) is 2.82. The SMILES string of the molecule is CNc1cc(Nc2cccn(CCOC3CC3)c2=O)nc2c(C(=O)CC3CC[C@H]3O)cnn12.CNc1cc(Nc2cccn(CCOC3CC3)c2=O)nc2c(C(=O)C[C@@H]3CC[C@H]3O)cnn12.CNc1cc(Nc2cccn(CCOC3CC3)c2=O)nc2c(C(=O)C[C@H]3CC[C@@H]3O)cnn12. The molecule has 30 nitrogen and oxygen atoms in total. The number of hydrogen-bond donors (Lipinski definition) is 9. The lowest BCUT2D eigenvalue weighted by Gasteiger charge is -2.31. The quantitative estimate of drug-likeness (QED) is 0.0214. The van der Waals surface area contributed by atoms with Gasteiger partial charge in [-0.05, 0) is 131 Å². The summed E-state index contributed by atoms with van der Waals surface area (Å²) in [5.41, 5.74) is 3.03. The maximum absolute atomic E-state index is 12.9. The first-order chi connectivity index (χ1) is 48.1.